The summed E-state index contributed by atoms with van der Waals surface area (Å²) >= 11 is 1.66. The molecule has 3 nitrogen and oxygen atoms in total. The number of carbonyl (C=O) groups excluding carboxylic acids is 1. The standard InChI is InChI=1S/C17H19NO2S/c1-18-13-4-5-14(18)10-15(9-13)20-17(19)12-3-2-11-6-7-21-16(11)8-12/h2-3,6-8,13-15H,4-5,9-10H2,1H3/t13-,14+,15+. The molecule has 21 heavy (non-hydrogen) atoms. The van der Waals surface area contributed by atoms with Gasteiger partial charge in [-0.05, 0) is 48.9 Å². The van der Waals surface area contributed by atoms with Gasteiger partial charge in [0.2, 0.25) is 0 Å². The molecule has 0 amide bonds. The van der Waals surface area contributed by atoms with Gasteiger partial charge in [-0.3, -0.25) is 0 Å². The summed E-state index contributed by atoms with van der Waals surface area (Å²) in [6.45, 7) is 0. The van der Waals surface area contributed by atoms with E-state index in [0.29, 0.717) is 17.6 Å². The number of fused-ring (bicyclic) bond motifs is 3. The SMILES string of the molecule is CN1[C@@H]2CC[C@H]1C[C@@H](OC(=O)c1ccc3ccsc3c1)C2. The second-order valence-corrected chi connectivity index (χ2v) is 7.17. The Morgan fingerprint density at radius 2 is 2.00 bits per heavy atom. The maximum atomic E-state index is 12.4. The molecular weight excluding hydrogens is 282 g/mol. The third-order valence-electron chi connectivity index (χ3n) is 5.02. The lowest BCUT2D eigenvalue weighted by Crippen LogP contribution is -2.43. The minimum atomic E-state index is -0.167. The van der Waals surface area contributed by atoms with Crippen LogP contribution in [0.5, 0.6) is 0 Å². The zero-order valence-electron chi connectivity index (χ0n) is 12.1. The van der Waals surface area contributed by atoms with Gasteiger partial charge in [-0.2, -0.15) is 0 Å². The van der Waals surface area contributed by atoms with Crippen LogP contribution in [-0.4, -0.2) is 36.1 Å². The number of carbonyl (C=O) groups is 1. The highest BCUT2D eigenvalue weighted by molar-refractivity contribution is 7.17. The molecule has 4 rings (SSSR count). The summed E-state index contributed by atoms with van der Waals surface area (Å²) in [5.41, 5.74) is 0.677. The number of nitrogens with zero attached hydrogens (tertiary/aromatic N) is 1. The monoisotopic (exact) mass is 301 g/mol. The Labute approximate surface area is 128 Å². The Kier molecular flexibility index (Phi) is 3.23. The number of hydrogen-bond acceptors (Lipinski definition) is 4. The molecule has 1 aromatic carbocycles. The molecule has 0 N–H and O–H groups in total. The van der Waals surface area contributed by atoms with Crippen LogP contribution < -0.4 is 0 Å². The van der Waals surface area contributed by atoms with Crippen molar-refractivity contribution in [1.29, 1.82) is 0 Å². The molecule has 3 heterocycles. The van der Waals surface area contributed by atoms with Crippen molar-refractivity contribution in [1.82, 2.24) is 4.90 Å². The molecule has 4 heteroatoms. The molecular formula is C17H19NO2S. The molecule has 0 aliphatic carbocycles. The number of piperidine rings is 1. The predicted octanol–water partition coefficient (Wildman–Crippen LogP) is 3.68. The molecule has 1 aromatic heterocycles. The minimum Gasteiger partial charge on any atom is -0.459 e. The van der Waals surface area contributed by atoms with E-state index >= 15 is 0 Å². The van der Waals surface area contributed by atoms with E-state index in [1.165, 1.54) is 18.2 Å². The summed E-state index contributed by atoms with van der Waals surface area (Å²) in [6.07, 6.45) is 4.55. The first-order chi connectivity index (χ1) is 10.2. The highest BCUT2D eigenvalue weighted by Crippen LogP contribution is 2.35. The summed E-state index contributed by atoms with van der Waals surface area (Å²) in [5, 5.41) is 3.24. The van der Waals surface area contributed by atoms with Crippen molar-refractivity contribution in [2.45, 2.75) is 43.9 Å². The van der Waals surface area contributed by atoms with E-state index in [2.05, 4.69) is 23.4 Å². The van der Waals surface area contributed by atoms with Crippen LogP contribution >= 0.6 is 11.3 Å². The largest absolute Gasteiger partial charge is 0.459 e. The van der Waals surface area contributed by atoms with Crippen LogP contribution in [-0.2, 0) is 4.74 Å². The normalized spacial score (nSPS) is 28.9. The third kappa shape index (κ3) is 2.36. The molecule has 0 unspecified atom stereocenters. The second kappa shape index (κ2) is 5.11. The molecule has 3 atom stereocenters. The van der Waals surface area contributed by atoms with Gasteiger partial charge in [0.05, 0.1) is 5.56 Å². The lowest BCUT2D eigenvalue weighted by Gasteiger charge is -2.35. The first-order valence-electron chi connectivity index (χ1n) is 7.61. The summed E-state index contributed by atoms with van der Waals surface area (Å²) in [7, 11) is 2.20. The Morgan fingerprint density at radius 3 is 2.76 bits per heavy atom. The lowest BCUT2D eigenvalue weighted by molar-refractivity contribution is -0.000431. The quantitative estimate of drug-likeness (QED) is 0.792. The fourth-order valence-electron chi connectivity index (χ4n) is 3.76. The van der Waals surface area contributed by atoms with Crippen LogP contribution in [0, 0.1) is 0 Å². The van der Waals surface area contributed by atoms with E-state index in [4.69, 9.17) is 4.74 Å². The Hall–Kier alpha value is -1.39. The van der Waals surface area contributed by atoms with Crippen molar-refractivity contribution in [3.63, 3.8) is 0 Å². The molecule has 2 saturated heterocycles. The van der Waals surface area contributed by atoms with Gasteiger partial charge in [0.15, 0.2) is 0 Å². The van der Waals surface area contributed by atoms with Gasteiger partial charge < -0.3 is 9.64 Å². The van der Waals surface area contributed by atoms with Crippen molar-refractivity contribution in [2.24, 2.45) is 0 Å². The topological polar surface area (TPSA) is 29.5 Å². The molecule has 2 aliphatic heterocycles. The first kappa shape index (κ1) is 13.3. The van der Waals surface area contributed by atoms with Gasteiger partial charge >= 0.3 is 5.97 Å². The Bertz CT molecular complexity index is 666. The maximum absolute atomic E-state index is 12.4. The number of hydrogen-bond donors (Lipinski definition) is 0. The smallest absolute Gasteiger partial charge is 0.338 e. The van der Waals surface area contributed by atoms with Crippen molar-refractivity contribution in [2.75, 3.05) is 7.05 Å². The van der Waals surface area contributed by atoms with Crippen molar-refractivity contribution < 1.29 is 9.53 Å². The van der Waals surface area contributed by atoms with Crippen LogP contribution in [0.1, 0.15) is 36.0 Å². The van der Waals surface area contributed by atoms with Gasteiger partial charge in [-0.15, -0.1) is 11.3 Å². The molecule has 2 fully saturated rings. The maximum Gasteiger partial charge on any atom is 0.338 e. The van der Waals surface area contributed by atoms with Crippen molar-refractivity contribution >= 4 is 27.4 Å². The van der Waals surface area contributed by atoms with Crippen LogP contribution in [0.15, 0.2) is 29.6 Å². The average Bonchev–Trinajstić information content (AvgIpc) is 3.01. The summed E-state index contributed by atoms with van der Waals surface area (Å²) in [5.74, 6) is -0.167. The molecule has 2 aliphatic rings. The number of thiophene rings is 1. The van der Waals surface area contributed by atoms with E-state index < -0.39 is 0 Å². The molecule has 2 bridgehead atoms. The van der Waals surface area contributed by atoms with Gasteiger partial charge in [-0.1, -0.05) is 6.07 Å². The summed E-state index contributed by atoms with van der Waals surface area (Å²) in [6, 6.07) is 9.10. The van der Waals surface area contributed by atoms with Crippen LogP contribution in [0.4, 0.5) is 0 Å². The molecule has 2 aromatic rings. The highest BCUT2D eigenvalue weighted by atomic mass is 32.1. The van der Waals surface area contributed by atoms with Crippen LogP contribution in [0.2, 0.25) is 0 Å². The molecule has 0 spiro atoms. The van der Waals surface area contributed by atoms with E-state index in [9.17, 15) is 4.79 Å². The van der Waals surface area contributed by atoms with E-state index in [1.54, 1.807) is 11.3 Å². The lowest BCUT2D eigenvalue weighted by atomic mass is 10.0. The van der Waals surface area contributed by atoms with Crippen molar-refractivity contribution in [3.8, 4) is 0 Å². The third-order valence-corrected chi connectivity index (χ3v) is 5.90. The molecule has 0 saturated carbocycles. The average molecular weight is 301 g/mol. The zero-order valence-corrected chi connectivity index (χ0v) is 12.9. The van der Waals surface area contributed by atoms with E-state index in [-0.39, 0.29) is 12.1 Å². The number of ether oxygens (including phenoxy) is 1. The minimum absolute atomic E-state index is 0.0882. The fourth-order valence-corrected chi connectivity index (χ4v) is 4.59. The molecule has 0 radical (unpaired) electrons. The highest BCUT2D eigenvalue weighted by Gasteiger charge is 2.39. The zero-order chi connectivity index (χ0) is 14.4. The van der Waals surface area contributed by atoms with Gasteiger partial charge in [-0.25, -0.2) is 4.79 Å². The van der Waals surface area contributed by atoms with Crippen LogP contribution in [0.3, 0.4) is 0 Å². The van der Waals surface area contributed by atoms with Crippen molar-refractivity contribution in [3.05, 3.63) is 35.2 Å². The number of benzene rings is 1. The second-order valence-electron chi connectivity index (χ2n) is 6.22. The van der Waals surface area contributed by atoms with E-state index in [0.717, 1.165) is 17.5 Å². The van der Waals surface area contributed by atoms with Gasteiger partial charge in [0, 0.05) is 29.6 Å². The van der Waals surface area contributed by atoms with E-state index in [1.807, 2.05) is 18.2 Å². The van der Waals surface area contributed by atoms with Gasteiger partial charge in [0.25, 0.3) is 0 Å². The first-order valence-corrected chi connectivity index (χ1v) is 8.49. The Balaban J connectivity index is 1.48. The number of esters is 1. The Morgan fingerprint density at radius 1 is 1.24 bits per heavy atom. The summed E-state index contributed by atoms with van der Waals surface area (Å²) in [4.78, 5) is 14.8. The predicted molar refractivity (Wildman–Crippen MR) is 84.8 cm³/mol. The van der Waals surface area contributed by atoms with Crippen LogP contribution in [0.25, 0.3) is 10.1 Å². The fraction of sp³-hybridized carbons (Fsp3) is 0.471. The van der Waals surface area contributed by atoms with Gasteiger partial charge in [0.1, 0.15) is 6.10 Å². The summed E-state index contributed by atoms with van der Waals surface area (Å²) < 4.78 is 6.92. The molecule has 110 valence electrons. The number of rotatable bonds is 2.